The maximum Gasteiger partial charge on any atom is 0.0212 e. The molecule has 0 saturated carbocycles. The van der Waals surface area contributed by atoms with Crippen LogP contribution in [0.5, 0.6) is 0 Å². The van der Waals surface area contributed by atoms with Crippen LogP contribution < -0.4 is 0 Å². The van der Waals surface area contributed by atoms with Gasteiger partial charge in [-0.1, -0.05) is 42.0 Å². The molecule has 73 valence electrons. The molecule has 0 aliphatic heterocycles. The van der Waals surface area contributed by atoms with Gasteiger partial charge in [-0.2, -0.15) is 0 Å². The highest BCUT2D eigenvalue weighted by Crippen LogP contribution is 2.40. The quantitative estimate of drug-likeness (QED) is 0.508. The lowest BCUT2D eigenvalue weighted by Crippen LogP contribution is -1.85. The molecule has 0 aromatic heterocycles. The average Bonchev–Trinajstić information content (AvgIpc) is 2.54. The van der Waals surface area contributed by atoms with Crippen molar-refractivity contribution in [2.45, 2.75) is 13.8 Å². The number of benzene rings is 2. The third-order valence-corrected chi connectivity index (χ3v) is 3.05. The van der Waals surface area contributed by atoms with Gasteiger partial charge >= 0.3 is 0 Å². The van der Waals surface area contributed by atoms with Gasteiger partial charge < -0.3 is 0 Å². The highest BCUT2D eigenvalue weighted by Gasteiger charge is 2.19. The minimum atomic E-state index is 1.34. The molecule has 3 rings (SSSR count). The van der Waals surface area contributed by atoms with Gasteiger partial charge in [-0.25, -0.2) is 0 Å². The molecule has 0 atom stereocenters. The van der Waals surface area contributed by atoms with E-state index in [-0.39, 0.29) is 0 Å². The first kappa shape index (κ1) is 8.72. The third-order valence-electron chi connectivity index (χ3n) is 3.05. The van der Waals surface area contributed by atoms with Gasteiger partial charge in [0, 0.05) is 6.42 Å². The minimum absolute atomic E-state index is 1.34. The standard InChI is InChI=1S/C15H13/c1-10-7-11(2)15-13(8-10)9-12-5-3-4-6-14(12)15/h3-9H,1-2H3. The summed E-state index contributed by atoms with van der Waals surface area (Å²) in [6.45, 7) is 4.35. The Kier molecular flexibility index (Phi) is 1.72. The fraction of sp³-hybridized carbons (Fsp3) is 0.133. The number of hydrogen-bond acceptors (Lipinski definition) is 0. The van der Waals surface area contributed by atoms with Crippen LogP contribution >= 0.6 is 0 Å². The van der Waals surface area contributed by atoms with Crippen molar-refractivity contribution >= 4 is 0 Å². The lowest BCUT2D eigenvalue weighted by molar-refractivity contribution is 1.37. The minimum Gasteiger partial charge on any atom is -0.0619 e. The van der Waals surface area contributed by atoms with Crippen LogP contribution in [0.4, 0.5) is 0 Å². The molecule has 2 aromatic carbocycles. The average molecular weight is 193 g/mol. The van der Waals surface area contributed by atoms with Crippen LogP contribution in [0.15, 0.2) is 36.4 Å². The number of aryl methyl sites for hydroxylation is 2. The molecule has 1 radical (unpaired) electrons. The van der Waals surface area contributed by atoms with Gasteiger partial charge in [0.2, 0.25) is 0 Å². The Hall–Kier alpha value is -1.56. The van der Waals surface area contributed by atoms with E-state index >= 15 is 0 Å². The smallest absolute Gasteiger partial charge is 0.0212 e. The lowest BCUT2D eigenvalue weighted by atomic mass is 9.98. The molecule has 0 unspecified atom stereocenters. The topological polar surface area (TPSA) is 0 Å². The summed E-state index contributed by atoms with van der Waals surface area (Å²) in [6, 6.07) is 13.1. The van der Waals surface area contributed by atoms with Crippen LogP contribution in [-0.2, 0) is 0 Å². The van der Waals surface area contributed by atoms with E-state index in [1.54, 1.807) is 0 Å². The zero-order chi connectivity index (χ0) is 10.4. The van der Waals surface area contributed by atoms with Gasteiger partial charge in [-0.3, -0.25) is 0 Å². The molecule has 0 heterocycles. The maximum atomic E-state index is 2.28. The molecule has 1 aliphatic carbocycles. The van der Waals surface area contributed by atoms with E-state index in [1.807, 2.05) is 0 Å². The van der Waals surface area contributed by atoms with E-state index in [0.29, 0.717) is 0 Å². The monoisotopic (exact) mass is 193 g/mol. The van der Waals surface area contributed by atoms with Crippen LogP contribution in [-0.4, -0.2) is 0 Å². The first-order chi connectivity index (χ1) is 7.25. The Bertz CT molecular complexity index is 536. The van der Waals surface area contributed by atoms with E-state index in [0.717, 1.165) is 0 Å². The zero-order valence-corrected chi connectivity index (χ0v) is 9.04. The first-order valence-electron chi connectivity index (χ1n) is 5.31. The highest BCUT2D eigenvalue weighted by molar-refractivity contribution is 5.83. The predicted octanol–water partition coefficient (Wildman–Crippen LogP) is 3.88. The summed E-state index contributed by atoms with van der Waals surface area (Å²) in [6.07, 6.45) is 2.28. The Labute approximate surface area is 90.6 Å². The molecule has 0 nitrogen and oxygen atoms in total. The maximum absolute atomic E-state index is 2.28. The number of rotatable bonds is 0. The van der Waals surface area contributed by atoms with Gasteiger partial charge in [-0.05, 0) is 41.7 Å². The Morgan fingerprint density at radius 1 is 0.867 bits per heavy atom. The Morgan fingerprint density at radius 2 is 1.67 bits per heavy atom. The van der Waals surface area contributed by atoms with Crippen LogP contribution in [0.3, 0.4) is 0 Å². The van der Waals surface area contributed by atoms with E-state index in [2.05, 4.69) is 56.7 Å². The number of fused-ring (bicyclic) bond motifs is 3. The van der Waals surface area contributed by atoms with E-state index < -0.39 is 0 Å². The summed E-state index contributed by atoms with van der Waals surface area (Å²) in [5.74, 6) is 0. The predicted molar refractivity (Wildman–Crippen MR) is 63.9 cm³/mol. The second-order valence-corrected chi connectivity index (χ2v) is 4.28. The van der Waals surface area contributed by atoms with Crippen molar-refractivity contribution in [2.24, 2.45) is 0 Å². The van der Waals surface area contributed by atoms with Crippen LogP contribution in [0.2, 0.25) is 0 Å². The zero-order valence-electron chi connectivity index (χ0n) is 9.04. The van der Waals surface area contributed by atoms with Gasteiger partial charge in [0.25, 0.3) is 0 Å². The fourth-order valence-electron chi connectivity index (χ4n) is 2.50. The normalized spacial score (nSPS) is 12.4. The molecule has 0 spiro atoms. The lowest BCUT2D eigenvalue weighted by Gasteiger charge is -2.06. The number of hydrogen-bond donors (Lipinski definition) is 0. The SMILES string of the molecule is Cc1cc(C)c2c(c1)[CH]c1ccccc1-2. The van der Waals surface area contributed by atoms with Crippen LogP contribution in [0.1, 0.15) is 22.3 Å². The van der Waals surface area contributed by atoms with Crippen molar-refractivity contribution in [2.75, 3.05) is 0 Å². The van der Waals surface area contributed by atoms with Crippen LogP contribution in [0.25, 0.3) is 11.1 Å². The van der Waals surface area contributed by atoms with E-state index in [4.69, 9.17) is 0 Å². The molecule has 15 heavy (non-hydrogen) atoms. The Morgan fingerprint density at radius 3 is 2.53 bits per heavy atom. The summed E-state index contributed by atoms with van der Waals surface area (Å²) in [4.78, 5) is 0. The summed E-state index contributed by atoms with van der Waals surface area (Å²) in [5, 5.41) is 0. The Balaban J connectivity index is 2.33. The van der Waals surface area contributed by atoms with Gasteiger partial charge in [-0.15, -0.1) is 0 Å². The van der Waals surface area contributed by atoms with Crippen molar-refractivity contribution in [1.29, 1.82) is 0 Å². The molecule has 0 heteroatoms. The second-order valence-electron chi connectivity index (χ2n) is 4.28. The molecule has 0 bridgehead atoms. The summed E-state index contributed by atoms with van der Waals surface area (Å²) >= 11 is 0. The van der Waals surface area contributed by atoms with Crippen molar-refractivity contribution < 1.29 is 0 Å². The molecule has 0 fully saturated rings. The summed E-state index contributed by atoms with van der Waals surface area (Å²) in [5.41, 5.74) is 8.23. The largest absolute Gasteiger partial charge is 0.0619 e. The summed E-state index contributed by atoms with van der Waals surface area (Å²) < 4.78 is 0. The second kappa shape index (κ2) is 2.96. The van der Waals surface area contributed by atoms with Crippen molar-refractivity contribution in [3.05, 3.63) is 65.1 Å². The van der Waals surface area contributed by atoms with Gasteiger partial charge in [0.15, 0.2) is 0 Å². The molecule has 0 N–H and O–H groups in total. The molecular formula is C15H13. The molecular weight excluding hydrogens is 180 g/mol. The third kappa shape index (κ3) is 1.21. The highest BCUT2D eigenvalue weighted by atomic mass is 14.2. The molecule has 2 aromatic rings. The van der Waals surface area contributed by atoms with E-state index in [1.165, 1.54) is 33.4 Å². The van der Waals surface area contributed by atoms with Crippen molar-refractivity contribution in [1.82, 2.24) is 0 Å². The van der Waals surface area contributed by atoms with Gasteiger partial charge in [0.1, 0.15) is 0 Å². The van der Waals surface area contributed by atoms with Crippen LogP contribution in [0, 0.1) is 20.3 Å². The molecule has 0 saturated heterocycles. The molecule has 1 aliphatic rings. The van der Waals surface area contributed by atoms with Crippen molar-refractivity contribution in [3.8, 4) is 11.1 Å². The summed E-state index contributed by atoms with van der Waals surface area (Å²) in [7, 11) is 0. The van der Waals surface area contributed by atoms with Gasteiger partial charge in [0.05, 0.1) is 0 Å². The first-order valence-corrected chi connectivity index (χ1v) is 5.31. The van der Waals surface area contributed by atoms with E-state index in [9.17, 15) is 0 Å². The fourth-order valence-corrected chi connectivity index (χ4v) is 2.50. The van der Waals surface area contributed by atoms with Crippen molar-refractivity contribution in [3.63, 3.8) is 0 Å². The molecule has 0 amide bonds.